The number of aromatic nitrogens is 2. The number of thioether (sulfide) groups is 1. The van der Waals surface area contributed by atoms with E-state index >= 15 is 0 Å². The predicted molar refractivity (Wildman–Crippen MR) is 77.0 cm³/mol. The molecule has 0 atom stereocenters. The third kappa shape index (κ3) is 4.06. The fourth-order valence-corrected chi connectivity index (χ4v) is 2.57. The number of aliphatic carboxylic acids is 1. The highest BCUT2D eigenvalue weighted by molar-refractivity contribution is 14.1. The number of rotatable bonds is 4. The van der Waals surface area contributed by atoms with Gasteiger partial charge < -0.3 is 14.3 Å². The van der Waals surface area contributed by atoms with Crippen LogP contribution >= 0.6 is 34.4 Å². The van der Waals surface area contributed by atoms with Crippen molar-refractivity contribution >= 4 is 46.4 Å². The Balaban J connectivity index is 2.27. The normalized spacial score (nSPS) is 11.6. The van der Waals surface area contributed by atoms with Gasteiger partial charge in [-0.05, 0) is 58.1 Å². The highest BCUT2D eigenvalue weighted by Gasteiger charge is 2.08. The Kier molecular flexibility index (Phi) is 4.59. The van der Waals surface area contributed by atoms with Crippen LogP contribution in [-0.4, -0.2) is 16.2 Å². The highest BCUT2D eigenvalue weighted by atomic mass is 127. The molecule has 0 saturated heterocycles. The Bertz CT molecular complexity index is 639. The van der Waals surface area contributed by atoms with Crippen LogP contribution in [-0.2, 0) is 4.79 Å². The van der Waals surface area contributed by atoms with E-state index in [2.05, 4.69) is 32.8 Å². The summed E-state index contributed by atoms with van der Waals surface area (Å²) in [5.74, 6) is -0.894. The number of hydrogen-bond acceptors (Lipinski definition) is 6. The SMILES string of the molecule is Cc1nnc(S/C(=C\c2cccc(I)c2)C(=O)[O-])o1. The maximum atomic E-state index is 11.1. The zero-order valence-corrected chi connectivity index (χ0v) is 12.8. The lowest BCUT2D eigenvalue weighted by Gasteiger charge is -2.05. The van der Waals surface area contributed by atoms with Crippen LogP contribution in [0.4, 0.5) is 0 Å². The van der Waals surface area contributed by atoms with Crippen LogP contribution in [0.5, 0.6) is 0 Å². The van der Waals surface area contributed by atoms with Gasteiger partial charge in [0.15, 0.2) is 0 Å². The summed E-state index contributed by atoms with van der Waals surface area (Å²) in [5, 5.41) is 18.7. The van der Waals surface area contributed by atoms with Gasteiger partial charge in [0.1, 0.15) is 0 Å². The number of carbonyl (C=O) groups excluding carboxylic acids is 1. The number of carboxylic acids is 1. The highest BCUT2D eigenvalue weighted by Crippen LogP contribution is 2.27. The summed E-state index contributed by atoms with van der Waals surface area (Å²) in [6, 6.07) is 7.45. The van der Waals surface area contributed by atoms with Gasteiger partial charge >= 0.3 is 0 Å². The number of carbonyl (C=O) groups is 1. The van der Waals surface area contributed by atoms with E-state index < -0.39 is 5.97 Å². The molecular formula is C12H8IN2O3S-. The molecule has 0 radical (unpaired) electrons. The third-order valence-corrected chi connectivity index (χ3v) is 3.57. The Morgan fingerprint density at radius 3 is 2.84 bits per heavy atom. The van der Waals surface area contributed by atoms with Crippen LogP contribution in [0.15, 0.2) is 38.8 Å². The maximum Gasteiger partial charge on any atom is 0.281 e. The molecule has 1 heterocycles. The quantitative estimate of drug-likeness (QED) is 0.453. The van der Waals surface area contributed by atoms with Gasteiger partial charge in [-0.2, -0.15) is 0 Å². The van der Waals surface area contributed by atoms with E-state index in [-0.39, 0.29) is 10.1 Å². The predicted octanol–water partition coefficient (Wildman–Crippen LogP) is 1.87. The molecule has 1 aromatic heterocycles. The van der Waals surface area contributed by atoms with Crippen LogP contribution in [0.3, 0.4) is 0 Å². The van der Waals surface area contributed by atoms with Crippen LogP contribution in [0.2, 0.25) is 0 Å². The summed E-state index contributed by atoms with van der Waals surface area (Å²) in [5.41, 5.74) is 0.773. The molecule has 1 aromatic carbocycles. The number of carboxylic acid groups (broad SMARTS) is 1. The average Bonchev–Trinajstić information content (AvgIpc) is 2.74. The molecule has 2 rings (SSSR count). The van der Waals surface area contributed by atoms with Crippen LogP contribution in [0.25, 0.3) is 6.08 Å². The van der Waals surface area contributed by atoms with Gasteiger partial charge in [0.05, 0.1) is 5.97 Å². The second kappa shape index (κ2) is 6.20. The summed E-state index contributed by atoms with van der Waals surface area (Å²) >= 11 is 3.03. The lowest BCUT2D eigenvalue weighted by Crippen LogP contribution is -2.23. The van der Waals surface area contributed by atoms with Gasteiger partial charge in [0.2, 0.25) is 5.89 Å². The Morgan fingerprint density at radius 2 is 2.26 bits per heavy atom. The van der Waals surface area contributed by atoms with E-state index in [1.165, 1.54) is 6.08 Å². The van der Waals surface area contributed by atoms with Crippen molar-refractivity contribution in [3.63, 3.8) is 0 Å². The van der Waals surface area contributed by atoms with Gasteiger partial charge in [-0.1, -0.05) is 12.1 Å². The molecule has 0 aliphatic rings. The number of benzene rings is 1. The minimum Gasteiger partial charge on any atom is -0.544 e. The summed E-state index contributed by atoms with van der Waals surface area (Å²) in [7, 11) is 0. The number of halogens is 1. The molecule has 5 nitrogen and oxygen atoms in total. The standard InChI is InChI=1S/C12H9IN2O3S/c1-7-14-15-12(18-7)19-10(11(16)17)6-8-3-2-4-9(13)5-8/h2-6H,1H3,(H,16,17)/p-1/b10-6-. The topological polar surface area (TPSA) is 79.0 Å². The first-order valence-electron chi connectivity index (χ1n) is 5.21. The molecule has 0 bridgehead atoms. The minimum atomic E-state index is -1.28. The van der Waals surface area contributed by atoms with Crippen molar-refractivity contribution in [3.8, 4) is 0 Å². The molecule has 0 aliphatic heterocycles. The maximum absolute atomic E-state index is 11.1. The first kappa shape index (κ1) is 14.1. The number of nitrogens with zero attached hydrogens (tertiary/aromatic N) is 2. The van der Waals surface area contributed by atoms with E-state index in [0.29, 0.717) is 5.89 Å². The van der Waals surface area contributed by atoms with Crippen molar-refractivity contribution in [2.75, 3.05) is 0 Å². The molecular weight excluding hydrogens is 379 g/mol. The largest absolute Gasteiger partial charge is 0.544 e. The Morgan fingerprint density at radius 1 is 1.47 bits per heavy atom. The molecule has 0 amide bonds. The molecule has 2 aromatic rings. The van der Waals surface area contributed by atoms with Crippen molar-refractivity contribution in [1.82, 2.24) is 10.2 Å². The van der Waals surface area contributed by atoms with Crippen molar-refractivity contribution in [3.05, 3.63) is 44.2 Å². The van der Waals surface area contributed by atoms with Crippen molar-refractivity contribution in [2.45, 2.75) is 12.1 Å². The molecule has 0 fully saturated rings. The fourth-order valence-electron chi connectivity index (χ4n) is 1.29. The molecule has 0 N–H and O–H groups in total. The molecule has 98 valence electrons. The van der Waals surface area contributed by atoms with Crippen molar-refractivity contribution in [2.24, 2.45) is 0 Å². The van der Waals surface area contributed by atoms with Crippen LogP contribution in [0.1, 0.15) is 11.5 Å². The lowest BCUT2D eigenvalue weighted by molar-refractivity contribution is -0.298. The average molecular weight is 387 g/mol. The lowest BCUT2D eigenvalue weighted by atomic mass is 10.2. The van der Waals surface area contributed by atoms with Crippen molar-refractivity contribution < 1.29 is 14.3 Å². The van der Waals surface area contributed by atoms with E-state index in [0.717, 1.165) is 20.9 Å². The summed E-state index contributed by atoms with van der Waals surface area (Å²) < 4.78 is 6.15. The zero-order chi connectivity index (χ0) is 13.8. The summed E-state index contributed by atoms with van der Waals surface area (Å²) in [6.07, 6.45) is 1.52. The van der Waals surface area contributed by atoms with Gasteiger partial charge in [-0.15, -0.1) is 10.2 Å². The van der Waals surface area contributed by atoms with E-state index in [4.69, 9.17) is 4.42 Å². The van der Waals surface area contributed by atoms with E-state index in [1.54, 1.807) is 6.92 Å². The Hall–Kier alpha value is -1.35. The molecule has 7 heteroatoms. The van der Waals surface area contributed by atoms with Gasteiger partial charge in [0.25, 0.3) is 5.22 Å². The smallest absolute Gasteiger partial charge is 0.281 e. The van der Waals surface area contributed by atoms with Crippen molar-refractivity contribution in [1.29, 1.82) is 0 Å². The molecule has 0 saturated carbocycles. The monoisotopic (exact) mass is 387 g/mol. The zero-order valence-electron chi connectivity index (χ0n) is 9.79. The van der Waals surface area contributed by atoms with Gasteiger partial charge in [0, 0.05) is 15.4 Å². The number of hydrogen-bond donors (Lipinski definition) is 0. The molecule has 0 spiro atoms. The second-order valence-electron chi connectivity index (χ2n) is 3.54. The fraction of sp³-hybridized carbons (Fsp3) is 0.0833. The summed E-state index contributed by atoms with van der Waals surface area (Å²) in [6.45, 7) is 1.64. The number of aryl methyl sites for hydroxylation is 1. The second-order valence-corrected chi connectivity index (χ2v) is 5.78. The van der Waals surface area contributed by atoms with Gasteiger partial charge in [-0.3, -0.25) is 0 Å². The van der Waals surface area contributed by atoms with E-state index in [9.17, 15) is 9.90 Å². The van der Waals surface area contributed by atoms with Crippen LogP contribution < -0.4 is 5.11 Å². The molecule has 19 heavy (non-hydrogen) atoms. The first-order valence-corrected chi connectivity index (χ1v) is 7.10. The first-order chi connectivity index (χ1) is 9.04. The van der Waals surface area contributed by atoms with Crippen LogP contribution in [0, 0.1) is 10.5 Å². The third-order valence-electron chi connectivity index (χ3n) is 2.05. The molecule has 0 aliphatic carbocycles. The van der Waals surface area contributed by atoms with Gasteiger partial charge in [-0.25, -0.2) is 0 Å². The van der Waals surface area contributed by atoms with E-state index in [1.807, 2.05) is 24.3 Å². The summed E-state index contributed by atoms with van der Waals surface area (Å²) in [4.78, 5) is 11.1. The Labute approximate surface area is 127 Å². The molecule has 0 unspecified atom stereocenters. The minimum absolute atomic E-state index is 0.0191.